The molecule has 1 atom stereocenters. The average molecular weight is 296 g/mol. The molecule has 0 aromatic heterocycles. The quantitative estimate of drug-likeness (QED) is 0.889. The average Bonchev–Trinajstić information content (AvgIpc) is 2.43. The Labute approximate surface area is 126 Å². The van der Waals surface area contributed by atoms with Crippen LogP contribution >= 0.6 is 0 Å². The van der Waals surface area contributed by atoms with Gasteiger partial charge in [-0.1, -0.05) is 19.3 Å². The largest absolute Gasteiger partial charge is 0.364 e. The number of halogens is 2. The van der Waals surface area contributed by atoms with Crippen molar-refractivity contribution in [1.82, 2.24) is 0 Å². The Kier molecular flexibility index (Phi) is 5.57. The molecule has 1 fully saturated rings. The van der Waals surface area contributed by atoms with E-state index in [4.69, 9.17) is 5.73 Å². The first-order valence-electron chi connectivity index (χ1n) is 8.03. The number of hydrogen-bond acceptors (Lipinski definition) is 2. The fourth-order valence-corrected chi connectivity index (χ4v) is 3.37. The molecule has 0 radical (unpaired) electrons. The van der Waals surface area contributed by atoms with Gasteiger partial charge in [0.25, 0.3) is 0 Å². The van der Waals surface area contributed by atoms with Crippen LogP contribution in [0, 0.1) is 11.6 Å². The van der Waals surface area contributed by atoms with Crippen molar-refractivity contribution < 1.29 is 8.78 Å². The molecule has 0 heterocycles. The third kappa shape index (κ3) is 3.94. The van der Waals surface area contributed by atoms with Gasteiger partial charge in [0.05, 0.1) is 0 Å². The van der Waals surface area contributed by atoms with E-state index >= 15 is 0 Å². The van der Waals surface area contributed by atoms with Crippen molar-refractivity contribution in [3.8, 4) is 0 Å². The van der Waals surface area contributed by atoms with E-state index in [0.29, 0.717) is 18.5 Å². The van der Waals surface area contributed by atoms with Crippen molar-refractivity contribution >= 4 is 5.69 Å². The smallest absolute Gasteiger partial charge is 0.149 e. The minimum Gasteiger partial charge on any atom is -0.364 e. The summed E-state index contributed by atoms with van der Waals surface area (Å²) in [7, 11) is 0. The van der Waals surface area contributed by atoms with Gasteiger partial charge in [0.2, 0.25) is 0 Å². The van der Waals surface area contributed by atoms with E-state index in [1.165, 1.54) is 18.6 Å². The van der Waals surface area contributed by atoms with Gasteiger partial charge in [-0.15, -0.1) is 0 Å². The maximum absolute atomic E-state index is 14.4. The summed E-state index contributed by atoms with van der Waals surface area (Å²) in [4.78, 5) is 1.90. The van der Waals surface area contributed by atoms with Crippen LogP contribution < -0.4 is 10.6 Å². The summed E-state index contributed by atoms with van der Waals surface area (Å²) in [6.45, 7) is 4.43. The lowest BCUT2D eigenvalue weighted by Gasteiger charge is -2.35. The maximum atomic E-state index is 14.4. The van der Waals surface area contributed by atoms with Crippen LogP contribution in [0.3, 0.4) is 0 Å². The van der Waals surface area contributed by atoms with Crippen molar-refractivity contribution in [2.45, 2.75) is 64.5 Å². The molecular weight excluding hydrogens is 270 g/mol. The first-order valence-corrected chi connectivity index (χ1v) is 8.03. The first-order chi connectivity index (χ1) is 10.0. The van der Waals surface area contributed by atoms with Gasteiger partial charge >= 0.3 is 0 Å². The fourth-order valence-electron chi connectivity index (χ4n) is 3.37. The second-order valence-corrected chi connectivity index (χ2v) is 6.17. The van der Waals surface area contributed by atoms with E-state index < -0.39 is 11.6 Å². The lowest BCUT2D eigenvalue weighted by atomic mass is 9.93. The number of nitrogens with two attached hydrogens (primary N) is 1. The minimum atomic E-state index is -0.460. The van der Waals surface area contributed by atoms with Gasteiger partial charge in [-0.25, -0.2) is 8.78 Å². The number of nitrogens with zero attached hydrogens (tertiary/aromatic N) is 1. The second kappa shape index (κ2) is 7.21. The molecule has 2 nitrogen and oxygen atoms in total. The molecule has 118 valence electrons. The number of benzene rings is 1. The Balaban J connectivity index is 2.28. The Morgan fingerprint density at radius 3 is 2.24 bits per heavy atom. The van der Waals surface area contributed by atoms with Gasteiger partial charge in [-0.05, 0) is 50.8 Å². The zero-order valence-corrected chi connectivity index (χ0v) is 13.0. The van der Waals surface area contributed by atoms with Gasteiger partial charge in [0.1, 0.15) is 17.3 Å². The zero-order valence-electron chi connectivity index (χ0n) is 13.0. The SMILES string of the molecule is CCN(c1c(F)cc(CC(C)N)cc1F)C1CCCCC1. The van der Waals surface area contributed by atoms with Gasteiger partial charge in [-0.3, -0.25) is 0 Å². The predicted molar refractivity (Wildman–Crippen MR) is 83.6 cm³/mol. The van der Waals surface area contributed by atoms with Crippen molar-refractivity contribution in [3.05, 3.63) is 29.3 Å². The summed E-state index contributed by atoms with van der Waals surface area (Å²) < 4.78 is 28.9. The van der Waals surface area contributed by atoms with Crippen molar-refractivity contribution in [2.75, 3.05) is 11.4 Å². The van der Waals surface area contributed by atoms with E-state index in [2.05, 4.69) is 0 Å². The van der Waals surface area contributed by atoms with E-state index in [1.807, 2.05) is 18.7 Å². The first kappa shape index (κ1) is 16.2. The molecular formula is C17H26F2N2. The Morgan fingerprint density at radius 1 is 1.19 bits per heavy atom. The normalized spacial score (nSPS) is 17.8. The summed E-state index contributed by atoms with van der Waals surface area (Å²) in [6.07, 6.45) is 6.05. The van der Waals surface area contributed by atoms with Crippen LogP contribution in [0.25, 0.3) is 0 Å². The molecule has 1 aromatic rings. The molecule has 1 aliphatic carbocycles. The highest BCUT2D eigenvalue weighted by molar-refractivity contribution is 5.51. The summed E-state index contributed by atoms with van der Waals surface area (Å²) in [6, 6.07) is 3.03. The predicted octanol–water partition coefficient (Wildman–Crippen LogP) is 4.01. The Bertz CT molecular complexity index is 445. The van der Waals surface area contributed by atoms with Crippen LogP contribution in [0.4, 0.5) is 14.5 Å². The van der Waals surface area contributed by atoms with E-state index in [-0.39, 0.29) is 17.8 Å². The summed E-state index contributed by atoms with van der Waals surface area (Å²) in [5.74, 6) is -0.920. The van der Waals surface area contributed by atoms with E-state index in [1.54, 1.807) is 0 Å². The molecule has 1 aromatic carbocycles. The van der Waals surface area contributed by atoms with Crippen LogP contribution in [-0.2, 0) is 6.42 Å². The van der Waals surface area contributed by atoms with Crippen molar-refractivity contribution in [2.24, 2.45) is 5.73 Å². The van der Waals surface area contributed by atoms with Crippen LogP contribution in [0.1, 0.15) is 51.5 Å². The van der Waals surface area contributed by atoms with Crippen LogP contribution in [-0.4, -0.2) is 18.6 Å². The monoisotopic (exact) mass is 296 g/mol. The lowest BCUT2D eigenvalue weighted by Crippen LogP contribution is -2.38. The molecule has 0 bridgehead atoms. The Morgan fingerprint density at radius 2 is 1.76 bits per heavy atom. The molecule has 2 N–H and O–H groups in total. The highest BCUT2D eigenvalue weighted by Crippen LogP contribution is 2.31. The number of rotatable bonds is 5. The molecule has 1 unspecified atom stereocenters. The number of hydrogen-bond donors (Lipinski definition) is 1. The third-order valence-corrected chi connectivity index (χ3v) is 4.28. The standard InChI is InChI=1S/C17H26F2N2/c1-3-21(14-7-5-4-6-8-14)17-15(18)10-13(9-12(2)20)11-16(17)19/h10-12,14H,3-9,20H2,1-2H3. The molecule has 0 amide bonds. The van der Waals surface area contributed by atoms with Crippen molar-refractivity contribution in [3.63, 3.8) is 0 Å². The molecule has 1 saturated carbocycles. The molecule has 0 spiro atoms. The summed E-state index contributed by atoms with van der Waals surface area (Å²) >= 11 is 0. The molecule has 4 heteroatoms. The van der Waals surface area contributed by atoms with E-state index in [9.17, 15) is 8.78 Å². The van der Waals surface area contributed by atoms with Gasteiger partial charge < -0.3 is 10.6 Å². The molecule has 21 heavy (non-hydrogen) atoms. The zero-order chi connectivity index (χ0) is 15.4. The van der Waals surface area contributed by atoms with Gasteiger partial charge in [0, 0.05) is 18.6 Å². The van der Waals surface area contributed by atoms with Crippen LogP contribution in [0.2, 0.25) is 0 Å². The molecule has 0 aliphatic heterocycles. The topological polar surface area (TPSA) is 29.3 Å². The summed E-state index contributed by atoms with van der Waals surface area (Å²) in [5, 5.41) is 0. The van der Waals surface area contributed by atoms with E-state index in [0.717, 1.165) is 25.7 Å². The minimum absolute atomic E-state index is 0.102. The maximum Gasteiger partial charge on any atom is 0.149 e. The molecule has 1 aliphatic rings. The highest BCUT2D eigenvalue weighted by atomic mass is 19.1. The highest BCUT2D eigenvalue weighted by Gasteiger charge is 2.25. The van der Waals surface area contributed by atoms with Crippen LogP contribution in [0.15, 0.2) is 12.1 Å². The Hall–Kier alpha value is -1.16. The van der Waals surface area contributed by atoms with Gasteiger partial charge in [-0.2, -0.15) is 0 Å². The summed E-state index contributed by atoms with van der Waals surface area (Å²) in [5.41, 5.74) is 6.48. The van der Waals surface area contributed by atoms with Crippen LogP contribution in [0.5, 0.6) is 0 Å². The number of anilines is 1. The fraction of sp³-hybridized carbons (Fsp3) is 0.647. The molecule has 0 saturated heterocycles. The van der Waals surface area contributed by atoms with Gasteiger partial charge in [0.15, 0.2) is 0 Å². The third-order valence-electron chi connectivity index (χ3n) is 4.28. The second-order valence-electron chi connectivity index (χ2n) is 6.17. The molecule has 2 rings (SSSR count). The lowest BCUT2D eigenvalue weighted by molar-refractivity contribution is 0.410. The van der Waals surface area contributed by atoms with Crippen molar-refractivity contribution in [1.29, 1.82) is 0 Å².